The summed E-state index contributed by atoms with van der Waals surface area (Å²) in [7, 11) is 0. The molecule has 168 valence electrons. The summed E-state index contributed by atoms with van der Waals surface area (Å²) in [5.41, 5.74) is 7.60. The minimum atomic E-state index is -0.490. The van der Waals surface area contributed by atoms with Crippen LogP contribution in [0.25, 0.3) is 5.69 Å². The molecule has 1 amide bonds. The summed E-state index contributed by atoms with van der Waals surface area (Å²) < 4.78 is 8.79. The van der Waals surface area contributed by atoms with Gasteiger partial charge < -0.3 is 15.6 Å². The summed E-state index contributed by atoms with van der Waals surface area (Å²) in [4.78, 5) is 36.5. The van der Waals surface area contributed by atoms with Gasteiger partial charge in [-0.15, -0.1) is 0 Å². The highest BCUT2D eigenvalue weighted by atomic mass is 16.5. The molecular formula is C21H24N6O5. The Hall–Kier alpha value is -4.02. The topological polar surface area (TPSA) is 155 Å². The minimum Gasteiger partial charge on any atom is -0.483 e. The van der Waals surface area contributed by atoms with Crippen molar-refractivity contribution in [1.29, 1.82) is 0 Å². The zero-order valence-electron chi connectivity index (χ0n) is 17.5. The molecular weight excluding hydrogens is 416 g/mol. The fraction of sp³-hybridized carbons (Fsp3) is 0.333. The Balaban J connectivity index is 0.000000913. The number of carbonyl (C=O) groups is 3. The van der Waals surface area contributed by atoms with Crippen LogP contribution in [0.3, 0.4) is 0 Å². The van der Waals surface area contributed by atoms with Crippen molar-refractivity contribution in [3.63, 3.8) is 0 Å². The number of aryl methyl sites for hydroxylation is 1. The van der Waals surface area contributed by atoms with Crippen molar-refractivity contribution in [2.75, 3.05) is 6.61 Å². The first kappa shape index (κ1) is 22.7. The van der Waals surface area contributed by atoms with Gasteiger partial charge in [-0.3, -0.25) is 14.3 Å². The molecule has 0 fully saturated rings. The average Bonchev–Trinajstić information content (AvgIpc) is 3.40. The number of primary amides is 1. The van der Waals surface area contributed by atoms with Crippen LogP contribution in [0.4, 0.5) is 0 Å². The van der Waals surface area contributed by atoms with Crippen molar-refractivity contribution >= 4 is 18.3 Å². The molecule has 11 heteroatoms. The highest BCUT2D eigenvalue weighted by Gasteiger charge is 2.27. The van der Waals surface area contributed by atoms with E-state index in [-0.39, 0.29) is 18.8 Å². The van der Waals surface area contributed by atoms with Crippen molar-refractivity contribution in [2.24, 2.45) is 5.73 Å². The third-order valence-corrected chi connectivity index (χ3v) is 4.92. The van der Waals surface area contributed by atoms with Crippen LogP contribution in [0, 0.1) is 0 Å². The van der Waals surface area contributed by atoms with Gasteiger partial charge in [-0.2, -0.15) is 10.2 Å². The van der Waals surface area contributed by atoms with Crippen molar-refractivity contribution in [1.82, 2.24) is 24.5 Å². The highest BCUT2D eigenvalue weighted by Crippen LogP contribution is 2.29. The third kappa shape index (κ3) is 5.17. The number of amides is 1. The monoisotopic (exact) mass is 440 g/mol. The Kier molecular flexibility index (Phi) is 7.32. The third-order valence-electron chi connectivity index (χ3n) is 4.92. The number of carbonyl (C=O) groups excluding carboxylic acids is 2. The number of aromatic nitrogens is 5. The highest BCUT2D eigenvalue weighted by molar-refractivity contribution is 5.90. The van der Waals surface area contributed by atoms with Gasteiger partial charge in [-0.25, -0.2) is 14.5 Å². The fourth-order valence-electron chi connectivity index (χ4n) is 3.62. The number of hydrogen-bond acceptors (Lipinski definition) is 7. The zero-order valence-corrected chi connectivity index (χ0v) is 17.5. The van der Waals surface area contributed by atoms with Crippen molar-refractivity contribution < 1.29 is 24.2 Å². The van der Waals surface area contributed by atoms with Gasteiger partial charge in [0.1, 0.15) is 5.82 Å². The van der Waals surface area contributed by atoms with Gasteiger partial charge in [0.15, 0.2) is 5.82 Å². The molecule has 3 N–H and O–H groups in total. The van der Waals surface area contributed by atoms with Crippen molar-refractivity contribution in [3.05, 3.63) is 59.4 Å². The maximum atomic E-state index is 12.1. The van der Waals surface area contributed by atoms with Crippen LogP contribution in [-0.4, -0.2) is 54.6 Å². The Morgan fingerprint density at radius 2 is 2.12 bits per heavy atom. The van der Waals surface area contributed by atoms with E-state index in [2.05, 4.69) is 15.2 Å². The van der Waals surface area contributed by atoms with Crippen LogP contribution in [0.1, 0.15) is 47.0 Å². The number of ether oxygens (including phenoxy) is 1. The van der Waals surface area contributed by atoms with E-state index < -0.39 is 11.9 Å². The number of nitrogens with zero attached hydrogens (tertiary/aromatic N) is 5. The van der Waals surface area contributed by atoms with E-state index >= 15 is 0 Å². The first-order chi connectivity index (χ1) is 15.5. The summed E-state index contributed by atoms with van der Waals surface area (Å²) in [6, 6.07) is 9.04. The molecule has 1 atom stereocenters. The molecule has 1 unspecified atom stereocenters. The maximum absolute atomic E-state index is 12.1. The molecule has 0 spiro atoms. The molecule has 0 saturated carbocycles. The number of nitrogens with two attached hydrogens (primary N) is 1. The Labute approximate surface area is 183 Å². The van der Waals surface area contributed by atoms with E-state index in [4.69, 9.17) is 20.4 Å². The predicted molar refractivity (Wildman–Crippen MR) is 112 cm³/mol. The first-order valence-electron chi connectivity index (χ1n) is 10.1. The fourth-order valence-corrected chi connectivity index (χ4v) is 3.62. The van der Waals surface area contributed by atoms with Crippen LogP contribution in [0.2, 0.25) is 0 Å². The second-order valence-corrected chi connectivity index (χ2v) is 7.05. The quantitative estimate of drug-likeness (QED) is 0.426. The van der Waals surface area contributed by atoms with E-state index in [9.17, 15) is 9.59 Å². The summed E-state index contributed by atoms with van der Waals surface area (Å²) in [5.74, 6) is 0.341. The number of hydrogen-bond donors (Lipinski definition) is 2. The molecule has 3 aromatic rings. The van der Waals surface area contributed by atoms with Crippen LogP contribution < -0.4 is 5.73 Å². The molecule has 1 aliphatic rings. The van der Waals surface area contributed by atoms with Crippen LogP contribution in [0.15, 0.2) is 36.5 Å². The summed E-state index contributed by atoms with van der Waals surface area (Å²) in [5, 5.41) is 15.7. The number of rotatable bonds is 6. The molecule has 3 heterocycles. The van der Waals surface area contributed by atoms with Gasteiger partial charge in [0, 0.05) is 24.4 Å². The largest absolute Gasteiger partial charge is 0.483 e. The lowest BCUT2D eigenvalue weighted by atomic mass is 9.95. The van der Waals surface area contributed by atoms with Gasteiger partial charge in [0.05, 0.1) is 24.3 Å². The number of benzene rings is 1. The van der Waals surface area contributed by atoms with Gasteiger partial charge in [0.2, 0.25) is 5.91 Å². The number of fused-ring (bicyclic) bond motifs is 1. The lowest BCUT2D eigenvalue weighted by Crippen LogP contribution is -2.21. The average molecular weight is 440 g/mol. The zero-order chi connectivity index (χ0) is 23.1. The van der Waals surface area contributed by atoms with Gasteiger partial charge in [-0.05, 0) is 44.0 Å². The minimum absolute atomic E-state index is 0.0395. The summed E-state index contributed by atoms with van der Waals surface area (Å²) >= 11 is 0. The smallest absolute Gasteiger partial charge is 0.338 e. The van der Waals surface area contributed by atoms with Crippen LogP contribution in [0.5, 0.6) is 0 Å². The molecule has 0 radical (unpaired) electrons. The van der Waals surface area contributed by atoms with Crippen LogP contribution >= 0.6 is 0 Å². The second kappa shape index (κ2) is 10.3. The molecule has 1 aromatic carbocycles. The van der Waals surface area contributed by atoms with E-state index in [0.717, 1.165) is 30.9 Å². The maximum Gasteiger partial charge on any atom is 0.338 e. The molecule has 11 nitrogen and oxygen atoms in total. The van der Waals surface area contributed by atoms with Gasteiger partial charge in [-0.1, -0.05) is 6.07 Å². The van der Waals surface area contributed by atoms with Gasteiger partial charge in [0.25, 0.3) is 6.47 Å². The molecule has 0 bridgehead atoms. The lowest BCUT2D eigenvalue weighted by molar-refractivity contribution is -0.123. The number of carboxylic acid groups (broad SMARTS) is 1. The molecule has 2 aromatic heterocycles. The molecule has 32 heavy (non-hydrogen) atoms. The number of esters is 1. The van der Waals surface area contributed by atoms with Crippen LogP contribution in [-0.2, 0) is 33.7 Å². The summed E-state index contributed by atoms with van der Waals surface area (Å²) in [6.07, 6.45) is 3.37. The summed E-state index contributed by atoms with van der Waals surface area (Å²) in [6.45, 7) is 2.60. The van der Waals surface area contributed by atoms with Gasteiger partial charge >= 0.3 is 5.97 Å². The predicted octanol–water partition coefficient (Wildman–Crippen LogP) is 1.10. The molecule has 4 rings (SSSR count). The van der Waals surface area contributed by atoms with E-state index in [1.54, 1.807) is 36.0 Å². The Bertz CT molecular complexity index is 1110. The molecule has 0 aliphatic carbocycles. The van der Waals surface area contributed by atoms with E-state index in [1.807, 2.05) is 16.8 Å². The Morgan fingerprint density at radius 1 is 1.34 bits per heavy atom. The standard InChI is InChI=1S/C20H22N6O3.CH2O2/c1-2-29-20(28)14-4-3-5-16(11-14)26-19(23-18(24-26)12-17(21)27)13-7-9-25-15(10-13)6-8-22-25;2-1-3/h3-6,8,11,13H,2,7,9-10,12H2,1H3,(H2,21,27);1H,(H,2,3). The van der Waals surface area contributed by atoms with Crippen molar-refractivity contribution in [2.45, 2.75) is 38.6 Å². The SMILES string of the molecule is CCOC(=O)c1cccc(-n2nc(CC(N)=O)nc2C2CCn3nccc3C2)c1.O=CO. The van der Waals surface area contributed by atoms with E-state index in [0.29, 0.717) is 23.7 Å². The lowest BCUT2D eigenvalue weighted by Gasteiger charge is -2.23. The van der Waals surface area contributed by atoms with E-state index in [1.165, 1.54) is 0 Å². The molecule has 0 saturated heterocycles. The first-order valence-corrected chi connectivity index (χ1v) is 10.1. The van der Waals surface area contributed by atoms with Crippen molar-refractivity contribution in [3.8, 4) is 5.69 Å². The normalized spacial score (nSPS) is 14.6. The Morgan fingerprint density at radius 3 is 2.84 bits per heavy atom. The second-order valence-electron chi connectivity index (χ2n) is 7.05. The molecule has 1 aliphatic heterocycles.